The molecule has 1 atom stereocenters. The van der Waals surface area contributed by atoms with Crippen molar-refractivity contribution in [2.45, 2.75) is 44.7 Å². The number of aromatic nitrogens is 4. The summed E-state index contributed by atoms with van der Waals surface area (Å²) >= 11 is 0. The van der Waals surface area contributed by atoms with Crippen LogP contribution in [0.2, 0.25) is 0 Å². The van der Waals surface area contributed by atoms with E-state index in [0.29, 0.717) is 11.9 Å². The van der Waals surface area contributed by atoms with Crippen LogP contribution in [0.1, 0.15) is 43.4 Å². The molecule has 7 nitrogen and oxygen atoms in total. The van der Waals surface area contributed by atoms with Crippen molar-refractivity contribution in [3.05, 3.63) is 84.2 Å². The number of likely N-dealkylation sites (tertiary alicyclic amines) is 1. The third-order valence-corrected chi connectivity index (χ3v) is 7.70. The molecule has 1 aliphatic heterocycles. The lowest BCUT2D eigenvalue weighted by molar-refractivity contribution is 0.274. The van der Waals surface area contributed by atoms with Gasteiger partial charge in [-0.15, -0.1) is 0 Å². The average Bonchev–Trinajstić information content (AvgIpc) is 3.18. The summed E-state index contributed by atoms with van der Waals surface area (Å²) in [5.74, 6) is 1.21. The molecule has 38 heavy (non-hydrogen) atoms. The molecule has 0 radical (unpaired) electrons. The minimum absolute atomic E-state index is 0.458. The number of benzene rings is 1. The molecule has 3 aromatic heterocycles. The van der Waals surface area contributed by atoms with Crippen LogP contribution in [0.5, 0.6) is 0 Å². The van der Waals surface area contributed by atoms with Gasteiger partial charge in [0.1, 0.15) is 11.3 Å². The van der Waals surface area contributed by atoms with E-state index in [1.807, 2.05) is 12.1 Å². The molecule has 1 saturated heterocycles. The number of hydrogen-bond acceptors (Lipinski definition) is 6. The monoisotopic (exact) mass is 505 g/mol. The molecule has 3 N–H and O–H groups in total. The first-order chi connectivity index (χ1) is 18.7. The van der Waals surface area contributed by atoms with E-state index in [-0.39, 0.29) is 0 Å². The molecule has 0 spiro atoms. The fourth-order valence-electron chi connectivity index (χ4n) is 5.56. The van der Waals surface area contributed by atoms with Gasteiger partial charge in [-0.1, -0.05) is 30.4 Å². The number of nitrogens with one attached hydrogen (secondary N) is 1. The van der Waals surface area contributed by atoms with Gasteiger partial charge in [0.25, 0.3) is 0 Å². The molecule has 1 aromatic carbocycles. The van der Waals surface area contributed by atoms with Crippen molar-refractivity contribution >= 4 is 22.6 Å². The zero-order valence-corrected chi connectivity index (χ0v) is 22.0. The van der Waals surface area contributed by atoms with Gasteiger partial charge in [-0.2, -0.15) is 0 Å². The number of hydrogen-bond donors (Lipinski definition) is 2. The zero-order valence-electron chi connectivity index (χ0n) is 22.0. The van der Waals surface area contributed by atoms with Crippen LogP contribution in [0.15, 0.2) is 73.0 Å². The predicted molar refractivity (Wildman–Crippen MR) is 155 cm³/mol. The molecule has 1 fully saturated rings. The Morgan fingerprint density at radius 3 is 2.68 bits per heavy atom. The van der Waals surface area contributed by atoms with Crippen LogP contribution >= 0.6 is 0 Å². The number of nitrogens with zero attached hydrogens (tertiary/aromatic N) is 5. The number of nitrogen functional groups attached to an aromatic ring is 1. The molecule has 2 aliphatic rings. The minimum atomic E-state index is 0.458. The summed E-state index contributed by atoms with van der Waals surface area (Å²) in [5.41, 5.74) is 13.2. The first-order valence-corrected chi connectivity index (χ1v) is 13.7. The highest BCUT2D eigenvalue weighted by Crippen LogP contribution is 2.32. The normalized spacial score (nSPS) is 18.4. The molecular formula is C31H35N7. The Balaban J connectivity index is 1.38. The van der Waals surface area contributed by atoms with Gasteiger partial charge in [0.15, 0.2) is 11.5 Å². The maximum Gasteiger partial charge on any atom is 0.165 e. The zero-order chi connectivity index (χ0) is 25.9. The second kappa shape index (κ2) is 10.9. The highest BCUT2D eigenvalue weighted by molar-refractivity contribution is 5.85. The highest BCUT2D eigenvalue weighted by Gasteiger charge is 2.20. The summed E-state index contributed by atoms with van der Waals surface area (Å²) in [6.07, 6.45) is 14.1. The van der Waals surface area contributed by atoms with Crippen molar-refractivity contribution in [1.82, 2.24) is 29.7 Å². The van der Waals surface area contributed by atoms with Gasteiger partial charge >= 0.3 is 0 Å². The Labute approximate surface area is 224 Å². The number of fused-ring (bicyclic) bond motifs is 1. The fourth-order valence-corrected chi connectivity index (χ4v) is 5.56. The predicted octanol–water partition coefficient (Wildman–Crippen LogP) is 5.37. The lowest BCUT2D eigenvalue weighted by atomic mass is 10.0. The van der Waals surface area contributed by atoms with E-state index < -0.39 is 0 Å². The topological polar surface area (TPSA) is 84.9 Å². The van der Waals surface area contributed by atoms with Crippen molar-refractivity contribution in [3.63, 3.8) is 0 Å². The van der Waals surface area contributed by atoms with Crippen LogP contribution in [0, 0.1) is 0 Å². The van der Waals surface area contributed by atoms with Gasteiger partial charge in [0, 0.05) is 24.5 Å². The molecule has 7 heteroatoms. The second-order valence-corrected chi connectivity index (χ2v) is 10.2. The number of pyridine rings is 2. The number of nitrogens with two attached hydrogens (primary N) is 1. The second-order valence-electron chi connectivity index (χ2n) is 10.2. The molecular weight excluding hydrogens is 470 g/mol. The Hall–Kier alpha value is -3.81. The van der Waals surface area contributed by atoms with Crippen molar-refractivity contribution in [1.29, 1.82) is 0 Å². The van der Waals surface area contributed by atoms with E-state index >= 15 is 0 Å². The summed E-state index contributed by atoms with van der Waals surface area (Å²) in [6, 6.07) is 17.4. The van der Waals surface area contributed by atoms with E-state index in [2.05, 4.69) is 81.4 Å². The largest absolute Gasteiger partial charge is 0.383 e. The van der Waals surface area contributed by atoms with Gasteiger partial charge in [-0.25, -0.2) is 15.0 Å². The average molecular weight is 506 g/mol. The molecule has 4 aromatic rings. The van der Waals surface area contributed by atoms with E-state index in [9.17, 15) is 0 Å². The van der Waals surface area contributed by atoms with Gasteiger partial charge in [0.2, 0.25) is 0 Å². The number of imidazole rings is 1. The highest BCUT2D eigenvalue weighted by atomic mass is 15.1. The molecule has 4 heterocycles. The first kappa shape index (κ1) is 24.5. The molecule has 0 bridgehead atoms. The summed E-state index contributed by atoms with van der Waals surface area (Å²) in [5, 5.41) is 3.45. The van der Waals surface area contributed by atoms with Crippen molar-refractivity contribution < 1.29 is 0 Å². The Kier molecular flexibility index (Phi) is 7.03. The Bertz CT molecular complexity index is 1480. The van der Waals surface area contributed by atoms with E-state index in [1.54, 1.807) is 6.20 Å². The Morgan fingerprint density at radius 2 is 1.89 bits per heavy atom. The van der Waals surface area contributed by atoms with Crippen LogP contribution in [-0.4, -0.2) is 50.6 Å². The van der Waals surface area contributed by atoms with E-state index in [0.717, 1.165) is 72.0 Å². The molecule has 0 saturated carbocycles. The summed E-state index contributed by atoms with van der Waals surface area (Å²) in [4.78, 5) is 17.0. The molecule has 1 aliphatic carbocycles. The third-order valence-electron chi connectivity index (χ3n) is 7.70. The lowest BCUT2D eigenvalue weighted by Gasteiger charge is -2.20. The van der Waals surface area contributed by atoms with Gasteiger partial charge in [-0.3, -0.25) is 9.47 Å². The molecule has 6 rings (SSSR count). The van der Waals surface area contributed by atoms with E-state index in [4.69, 9.17) is 15.7 Å². The van der Waals surface area contributed by atoms with Crippen molar-refractivity contribution in [2.24, 2.45) is 0 Å². The number of rotatable bonds is 6. The summed E-state index contributed by atoms with van der Waals surface area (Å²) in [7, 11) is 2.08. The van der Waals surface area contributed by atoms with Crippen LogP contribution in [-0.2, 0) is 6.54 Å². The van der Waals surface area contributed by atoms with E-state index in [1.165, 1.54) is 24.8 Å². The van der Waals surface area contributed by atoms with Gasteiger partial charge < -0.3 is 11.1 Å². The van der Waals surface area contributed by atoms with Crippen LogP contribution in [0.3, 0.4) is 0 Å². The van der Waals surface area contributed by atoms with Crippen molar-refractivity contribution in [3.8, 4) is 17.1 Å². The van der Waals surface area contributed by atoms with Gasteiger partial charge in [-0.05, 0) is 99.8 Å². The standard InChI is InChI=1S/C31H35N7/c1-33-24-9-6-19-37(20-17-24)21-22-11-13-25(14-12-22)38-30(26-10-5-18-34-29(26)32)36-28-16-15-27(35-31(28)38)23-7-3-2-4-8-23/h3,5,7-8,10-16,18,24,33H,2,4,6,9,17,19-21H2,1H3,(H2,32,34). The quantitative estimate of drug-likeness (QED) is 0.366. The Morgan fingerprint density at radius 1 is 1.00 bits per heavy atom. The van der Waals surface area contributed by atoms with Crippen LogP contribution in [0.4, 0.5) is 5.82 Å². The first-order valence-electron chi connectivity index (χ1n) is 13.7. The maximum absolute atomic E-state index is 6.32. The summed E-state index contributed by atoms with van der Waals surface area (Å²) < 4.78 is 2.12. The number of anilines is 1. The smallest absolute Gasteiger partial charge is 0.165 e. The minimum Gasteiger partial charge on any atom is -0.383 e. The maximum atomic E-state index is 6.32. The summed E-state index contributed by atoms with van der Waals surface area (Å²) in [6.45, 7) is 3.24. The fraction of sp³-hybridized carbons (Fsp3) is 0.323. The number of allylic oxidation sites excluding steroid dienone is 4. The lowest BCUT2D eigenvalue weighted by Crippen LogP contribution is -2.28. The van der Waals surface area contributed by atoms with Gasteiger partial charge in [0.05, 0.1) is 11.3 Å². The third kappa shape index (κ3) is 4.99. The van der Waals surface area contributed by atoms with Crippen LogP contribution < -0.4 is 11.1 Å². The van der Waals surface area contributed by atoms with Crippen molar-refractivity contribution in [2.75, 3.05) is 25.9 Å². The molecule has 194 valence electrons. The molecule has 0 amide bonds. The SMILES string of the molecule is CNC1CCCN(Cc2ccc(-n3c(-c4cccnc4N)nc4ccc(C5=CCCC=C5)nc43)cc2)CC1. The van der Waals surface area contributed by atoms with Crippen LogP contribution in [0.25, 0.3) is 33.8 Å². The molecule has 1 unspecified atom stereocenters.